The molecule has 1 heterocycles. The summed E-state index contributed by atoms with van der Waals surface area (Å²) in [4.78, 5) is 16.0. The summed E-state index contributed by atoms with van der Waals surface area (Å²) in [5, 5.41) is 3.20. The molecule has 1 aliphatic rings. The normalized spacial score (nSPS) is 18.7. The summed E-state index contributed by atoms with van der Waals surface area (Å²) >= 11 is 5.68. The zero-order chi connectivity index (χ0) is 12.3. The first-order valence-corrected chi connectivity index (χ1v) is 6.20. The van der Waals surface area contributed by atoms with Crippen molar-refractivity contribution in [2.24, 2.45) is 5.73 Å². The Bertz CT molecular complexity index is 399. The molecule has 1 saturated carbocycles. The van der Waals surface area contributed by atoms with E-state index >= 15 is 0 Å². The molecule has 0 atom stereocenters. The number of carbonyl (C=O) groups excluding carboxylic acids is 1. The molecule has 2 rings (SSSR count). The highest BCUT2D eigenvalue weighted by atomic mass is 35.5. The number of anilines is 1. The molecule has 1 aliphatic carbocycles. The molecule has 4 nitrogen and oxygen atoms in total. The number of rotatable bonds is 2. The van der Waals surface area contributed by atoms with Gasteiger partial charge in [0.25, 0.3) is 0 Å². The molecule has 17 heavy (non-hydrogen) atoms. The lowest BCUT2D eigenvalue weighted by Crippen LogP contribution is -2.52. The van der Waals surface area contributed by atoms with Crippen LogP contribution in [0.5, 0.6) is 0 Å². The molecule has 0 spiro atoms. The Hall–Kier alpha value is -1.13. The van der Waals surface area contributed by atoms with Crippen LogP contribution in [-0.2, 0) is 4.79 Å². The van der Waals surface area contributed by atoms with Crippen molar-refractivity contribution in [1.82, 2.24) is 4.98 Å². The van der Waals surface area contributed by atoms with E-state index in [2.05, 4.69) is 10.3 Å². The Kier molecular flexibility index (Phi) is 3.64. The second-order valence-electron chi connectivity index (χ2n) is 4.54. The van der Waals surface area contributed by atoms with E-state index in [9.17, 15) is 4.79 Å². The first-order valence-electron chi connectivity index (χ1n) is 5.82. The second kappa shape index (κ2) is 5.02. The smallest absolute Gasteiger partial charge is 0.244 e. The molecule has 92 valence electrons. The van der Waals surface area contributed by atoms with Crippen molar-refractivity contribution in [2.45, 2.75) is 37.6 Å². The zero-order valence-corrected chi connectivity index (χ0v) is 10.3. The molecule has 1 aromatic heterocycles. The summed E-state index contributed by atoms with van der Waals surface area (Å²) in [7, 11) is 0. The van der Waals surface area contributed by atoms with Crippen molar-refractivity contribution in [3.8, 4) is 0 Å². The molecule has 5 heteroatoms. The molecular formula is C12H16ClN3O. The lowest BCUT2D eigenvalue weighted by molar-refractivity contribution is -0.122. The van der Waals surface area contributed by atoms with Crippen LogP contribution in [0.2, 0.25) is 5.15 Å². The van der Waals surface area contributed by atoms with E-state index in [4.69, 9.17) is 17.3 Å². The van der Waals surface area contributed by atoms with Gasteiger partial charge in [-0.15, -0.1) is 0 Å². The standard InChI is InChI=1S/C12H16ClN3O/c13-10-5-4-9(8-15-10)16-11(17)12(14)6-2-1-3-7-12/h4-5,8H,1-3,6-7,14H2,(H,16,17). The van der Waals surface area contributed by atoms with Gasteiger partial charge >= 0.3 is 0 Å². The van der Waals surface area contributed by atoms with E-state index in [0.29, 0.717) is 10.8 Å². The highest BCUT2D eigenvalue weighted by Gasteiger charge is 2.35. The van der Waals surface area contributed by atoms with Crippen LogP contribution in [0.15, 0.2) is 18.3 Å². The molecular weight excluding hydrogens is 238 g/mol. The van der Waals surface area contributed by atoms with Crippen LogP contribution in [0.1, 0.15) is 32.1 Å². The third-order valence-corrected chi connectivity index (χ3v) is 3.41. The van der Waals surface area contributed by atoms with Gasteiger partial charge in [-0.3, -0.25) is 4.79 Å². The number of hydrogen-bond acceptors (Lipinski definition) is 3. The van der Waals surface area contributed by atoms with Crippen LogP contribution >= 0.6 is 11.6 Å². The fourth-order valence-electron chi connectivity index (χ4n) is 2.12. The van der Waals surface area contributed by atoms with Crippen molar-refractivity contribution in [3.05, 3.63) is 23.5 Å². The van der Waals surface area contributed by atoms with Gasteiger partial charge in [-0.25, -0.2) is 4.98 Å². The number of carbonyl (C=O) groups is 1. The minimum absolute atomic E-state index is 0.124. The van der Waals surface area contributed by atoms with E-state index in [-0.39, 0.29) is 5.91 Å². The van der Waals surface area contributed by atoms with Crippen molar-refractivity contribution >= 4 is 23.2 Å². The maximum atomic E-state index is 12.1. The highest BCUT2D eigenvalue weighted by Crippen LogP contribution is 2.27. The summed E-state index contributed by atoms with van der Waals surface area (Å²) in [6.45, 7) is 0. The topological polar surface area (TPSA) is 68.0 Å². The SMILES string of the molecule is NC1(C(=O)Nc2ccc(Cl)nc2)CCCCC1. The molecule has 0 aromatic carbocycles. The average Bonchev–Trinajstić information content (AvgIpc) is 2.33. The quantitative estimate of drug-likeness (QED) is 0.795. The van der Waals surface area contributed by atoms with E-state index < -0.39 is 5.54 Å². The third-order valence-electron chi connectivity index (χ3n) is 3.18. The summed E-state index contributed by atoms with van der Waals surface area (Å²) in [6.07, 6.45) is 6.23. The Morgan fingerprint density at radius 2 is 2.06 bits per heavy atom. The Morgan fingerprint density at radius 3 is 2.65 bits per heavy atom. The van der Waals surface area contributed by atoms with Gasteiger partial charge in [0.15, 0.2) is 0 Å². The van der Waals surface area contributed by atoms with Gasteiger partial charge in [0, 0.05) is 0 Å². The van der Waals surface area contributed by atoms with Crippen molar-refractivity contribution < 1.29 is 4.79 Å². The minimum atomic E-state index is -0.724. The minimum Gasteiger partial charge on any atom is -0.323 e. The number of amides is 1. The van der Waals surface area contributed by atoms with Crippen LogP contribution in [0.25, 0.3) is 0 Å². The van der Waals surface area contributed by atoms with Gasteiger partial charge in [0.1, 0.15) is 5.15 Å². The zero-order valence-electron chi connectivity index (χ0n) is 9.58. The molecule has 0 unspecified atom stereocenters. The van der Waals surface area contributed by atoms with Crippen LogP contribution in [0.3, 0.4) is 0 Å². The number of hydrogen-bond donors (Lipinski definition) is 2. The van der Waals surface area contributed by atoms with Gasteiger partial charge in [0.05, 0.1) is 17.4 Å². The first kappa shape index (κ1) is 12.3. The number of nitrogens with zero attached hydrogens (tertiary/aromatic N) is 1. The van der Waals surface area contributed by atoms with Gasteiger partial charge in [-0.2, -0.15) is 0 Å². The van der Waals surface area contributed by atoms with Crippen LogP contribution < -0.4 is 11.1 Å². The molecule has 0 bridgehead atoms. The maximum Gasteiger partial charge on any atom is 0.244 e. The molecule has 1 fully saturated rings. The van der Waals surface area contributed by atoms with Crippen molar-refractivity contribution in [3.63, 3.8) is 0 Å². The Balaban J connectivity index is 2.03. The fourth-order valence-corrected chi connectivity index (χ4v) is 2.23. The first-order chi connectivity index (χ1) is 8.10. The summed E-state index contributed by atoms with van der Waals surface area (Å²) in [5.41, 5.74) is 6.03. The number of pyridine rings is 1. The van der Waals surface area contributed by atoms with E-state index in [1.165, 1.54) is 6.20 Å². The summed E-state index contributed by atoms with van der Waals surface area (Å²) in [6, 6.07) is 3.36. The van der Waals surface area contributed by atoms with E-state index in [1.54, 1.807) is 12.1 Å². The van der Waals surface area contributed by atoms with E-state index in [1.807, 2.05) is 0 Å². The predicted octanol–water partition coefficient (Wildman–Crippen LogP) is 2.34. The van der Waals surface area contributed by atoms with Crippen LogP contribution in [0, 0.1) is 0 Å². The van der Waals surface area contributed by atoms with Crippen LogP contribution in [-0.4, -0.2) is 16.4 Å². The number of nitrogens with one attached hydrogen (secondary N) is 1. The Morgan fingerprint density at radius 1 is 1.35 bits per heavy atom. The Labute approximate surface area is 106 Å². The third kappa shape index (κ3) is 2.96. The molecule has 0 saturated heterocycles. The van der Waals surface area contributed by atoms with Gasteiger partial charge < -0.3 is 11.1 Å². The fraction of sp³-hybridized carbons (Fsp3) is 0.500. The molecule has 1 amide bonds. The average molecular weight is 254 g/mol. The highest BCUT2D eigenvalue weighted by molar-refractivity contribution is 6.29. The summed E-state index contributed by atoms with van der Waals surface area (Å²) < 4.78 is 0. The van der Waals surface area contributed by atoms with Gasteiger partial charge in [-0.1, -0.05) is 30.9 Å². The molecule has 0 radical (unpaired) electrons. The largest absolute Gasteiger partial charge is 0.323 e. The lowest BCUT2D eigenvalue weighted by Gasteiger charge is -2.31. The molecule has 1 aromatic rings. The maximum absolute atomic E-state index is 12.1. The molecule has 3 N–H and O–H groups in total. The molecule has 0 aliphatic heterocycles. The lowest BCUT2D eigenvalue weighted by atomic mass is 9.82. The second-order valence-corrected chi connectivity index (χ2v) is 4.93. The summed E-state index contributed by atoms with van der Waals surface area (Å²) in [5.74, 6) is -0.124. The van der Waals surface area contributed by atoms with Gasteiger partial charge in [-0.05, 0) is 25.0 Å². The van der Waals surface area contributed by atoms with Crippen molar-refractivity contribution in [2.75, 3.05) is 5.32 Å². The van der Waals surface area contributed by atoms with Crippen LogP contribution in [0.4, 0.5) is 5.69 Å². The number of nitrogens with two attached hydrogens (primary N) is 1. The number of aromatic nitrogens is 1. The predicted molar refractivity (Wildman–Crippen MR) is 67.9 cm³/mol. The van der Waals surface area contributed by atoms with Gasteiger partial charge in [0.2, 0.25) is 5.91 Å². The number of halogens is 1. The monoisotopic (exact) mass is 253 g/mol. The van der Waals surface area contributed by atoms with E-state index in [0.717, 1.165) is 32.1 Å². The van der Waals surface area contributed by atoms with Crippen molar-refractivity contribution in [1.29, 1.82) is 0 Å².